The highest BCUT2D eigenvalue weighted by atomic mass is 16.2. The molecule has 0 saturated heterocycles. The third-order valence-electron chi connectivity index (χ3n) is 2.35. The van der Waals surface area contributed by atoms with Gasteiger partial charge >= 0.3 is 0 Å². The summed E-state index contributed by atoms with van der Waals surface area (Å²) < 4.78 is 0. The molecule has 3 heteroatoms. The smallest absolute Gasteiger partial charge is 0.223 e. The van der Waals surface area contributed by atoms with Crippen LogP contribution in [0.1, 0.15) is 26.2 Å². The van der Waals surface area contributed by atoms with Crippen LogP contribution < -0.4 is 5.32 Å². The molecule has 0 radical (unpaired) electrons. The van der Waals surface area contributed by atoms with E-state index in [1.807, 2.05) is 0 Å². The van der Waals surface area contributed by atoms with E-state index in [4.69, 9.17) is 0 Å². The minimum absolute atomic E-state index is 0.256. The second-order valence-electron chi connectivity index (χ2n) is 4.28. The Morgan fingerprint density at radius 3 is 2.62 bits per heavy atom. The number of nitrogens with zero attached hydrogens (tertiary/aromatic N) is 1. The molecule has 13 heavy (non-hydrogen) atoms. The van der Waals surface area contributed by atoms with Crippen LogP contribution in [0.5, 0.6) is 0 Å². The van der Waals surface area contributed by atoms with Gasteiger partial charge in [0, 0.05) is 12.0 Å². The fourth-order valence-corrected chi connectivity index (χ4v) is 1.23. The Hall–Kier alpha value is -0.570. The standard InChI is InChI=1S/C10H20N2O/c1-8(6-7-12(2)3)11-10(13)9-4-5-9/h8-9H,4-7H2,1-3H3,(H,11,13). The van der Waals surface area contributed by atoms with Crippen LogP contribution in [-0.4, -0.2) is 37.5 Å². The molecule has 1 atom stereocenters. The van der Waals surface area contributed by atoms with Gasteiger partial charge < -0.3 is 10.2 Å². The van der Waals surface area contributed by atoms with Gasteiger partial charge in [-0.3, -0.25) is 4.79 Å². The molecule has 0 aromatic rings. The zero-order chi connectivity index (χ0) is 9.84. The highest BCUT2D eigenvalue weighted by molar-refractivity contribution is 5.81. The fourth-order valence-electron chi connectivity index (χ4n) is 1.23. The fraction of sp³-hybridized carbons (Fsp3) is 0.900. The highest BCUT2D eigenvalue weighted by Crippen LogP contribution is 2.28. The third-order valence-corrected chi connectivity index (χ3v) is 2.35. The number of rotatable bonds is 5. The lowest BCUT2D eigenvalue weighted by Crippen LogP contribution is -2.35. The highest BCUT2D eigenvalue weighted by Gasteiger charge is 2.29. The predicted octanol–water partition coefficient (Wildman–Crippen LogP) is 0.853. The molecule has 1 saturated carbocycles. The van der Waals surface area contributed by atoms with Crippen LogP contribution in [0.25, 0.3) is 0 Å². The third kappa shape index (κ3) is 4.27. The lowest BCUT2D eigenvalue weighted by atomic mass is 10.2. The average Bonchev–Trinajstić information content (AvgIpc) is 2.82. The van der Waals surface area contributed by atoms with E-state index in [1.165, 1.54) is 0 Å². The second kappa shape index (κ2) is 4.61. The summed E-state index contributed by atoms with van der Waals surface area (Å²) in [6.07, 6.45) is 3.21. The Balaban J connectivity index is 2.09. The topological polar surface area (TPSA) is 32.3 Å². The van der Waals surface area contributed by atoms with Gasteiger partial charge in [0.2, 0.25) is 5.91 Å². The van der Waals surface area contributed by atoms with Crippen molar-refractivity contribution >= 4 is 5.91 Å². The Morgan fingerprint density at radius 1 is 1.54 bits per heavy atom. The maximum atomic E-state index is 11.3. The Kier molecular flexibility index (Phi) is 3.72. The van der Waals surface area contributed by atoms with Crippen LogP contribution in [0, 0.1) is 5.92 Å². The van der Waals surface area contributed by atoms with E-state index >= 15 is 0 Å². The van der Waals surface area contributed by atoms with Gasteiger partial charge in [-0.15, -0.1) is 0 Å². The molecule has 1 aliphatic carbocycles. The molecular formula is C10H20N2O. The normalized spacial score (nSPS) is 18.8. The van der Waals surface area contributed by atoms with Gasteiger partial charge in [0.15, 0.2) is 0 Å². The van der Waals surface area contributed by atoms with Crippen molar-refractivity contribution in [1.82, 2.24) is 10.2 Å². The lowest BCUT2D eigenvalue weighted by molar-refractivity contribution is -0.122. The van der Waals surface area contributed by atoms with Crippen LogP contribution in [0.4, 0.5) is 0 Å². The maximum absolute atomic E-state index is 11.3. The van der Waals surface area contributed by atoms with Gasteiger partial charge in [0.25, 0.3) is 0 Å². The molecule has 0 aromatic carbocycles. The molecule has 3 nitrogen and oxygen atoms in total. The number of hydrogen-bond donors (Lipinski definition) is 1. The van der Waals surface area contributed by atoms with Crippen molar-refractivity contribution in [2.45, 2.75) is 32.2 Å². The SMILES string of the molecule is CC(CCN(C)C)NC(=O)C1CC1. The summed E-state index contributed by atoms with van der Waals surface area (Å²) in [4.78, 5) is 13.5. The zero-order valence-electron chi connectivity index (χ0n) is 8.84. The van der Waals surface area contributed by atoms with Crippen LogP contribution in [0.3, 0.4) is 0 Å². The molecule has 0 heterocycles. The number of amides is 1. The van der Waals surface area contributed by atoms with Crippen molar-refractivity contribution in [3.8, 4) is 0 Å². The quantitative estimate of drug-likeness (QED) is 0.687. The van der Waals surface area contributed by atoms with Gasteiger partial charge in [-0.1, -0.05) is 0 Å². The summed E-state index contributed by atoms with van der Waals surface area (Å²) in [7, 11) is 4.10. The van der Waals surface area contributed by atoms with Crippen molar-refractivity contribution in [3.63, 3.8) is 0 Å². The first-order valence-corrected chi connectivity index (χ1v) is 5.04. The molecule has 0 aliphatic heterocycles. The second-order valence-corrected chi connectivity index (χ2v) is 4.28. The van der Waals surface area contributed by atoms with Crippen molar-refractivity contribution in [2.75, 3.05) is 20.6 Å². The summed E-state index contributed by atoms with van der Waals surface area (Å²) in [5.74, 6) is 0.591. The van der Waals surface area contributed by atoms with E-state index in [2.05, 4.69) is 31.2 Å². The van der Waals surface area contributed by atoms with Gasteiger partial charge in [0.1, 0.15) is 0 Å². The minimum Gasteiger partial charge on any atom is -0.353 e. The number of carbonyl (C=O) groups is 1. The predicted molar refractivity (Wildman–Crippen MR) is 53.5 cm³/mol. The number of carbonyl (C=O) groups excluding carboxylic acids is 1. The van der Waals surface area contributed by atoms with E-state index in [0.29, 0.717) is 12.0 Å². The van der Waals surface area contributed by atoms with Crippen LogP contribution in [0.2, 0.25) is 0 Å². The largest absolute Gasteiger partial charge is 0.353 e. The molecule has 1 amide bonds. The summed E-state index contributed by atoms with van der Waals surface area (Å²) in [6.45, 7) is 3.11. The first-order chi connectivity index (χ1) is 6.09. The molecule has 1 unspecified atom stereocenters. The molecule has 1 fully saturated rings. The molecule has 76 valence electrons. The monoisotopic (exact) mass is 184 g/mol. The maximum Gasteiger partial charge on any atom is 0.223 e. The Labute approximate surface area is 80.5 Å². The van der Waals surface area contributed by atoms with Gasteiger partial charge in [0.05, 0.1) is 0 Å². The Morgan fingerprint density at radius 2 is 2.15 bits per heavy atom. The van der Waals surface area contributed by atoms with Gasteiger partial charge in [-0.05, 0) is 46.8 Å². The van der Waals surface area contributed by atoms with E-state index in [-0.39, 0.29) is 5.91 Å². The van der Waals surface area contributed by atoms with E-state index < -0.39 is 0 Å². The first-order valence-electron chi connectivity index (χ1n) is 5.04. The minimum atomic E-state index is 0.256. The Bertz CT molecular complexity index is 176. The summed E-state index contributed by atoms with van der Waals surface area (Å²) in [5, 5.41) is 3.03. The number of nitrogens with one attached hydrogen (secondary N) is 1. The van der Waals surface area contributed by atoms with Crippen LogP contribution >= 0.6 is 0 Å². The summed E-state index contributed by atoms with van der Waals surface area (Å²) in [5.41, 5.74) is 0. The number of hydrogen-bond acceptors (Lipinski definition) is 2. The van der Waals surface area contributed by atoms with E-state index in [9.17, 15) is 4.79 Å². The van der Waals surface area contributed by atoms with Crippen molar-refractivity contribution < 1.29 is 4.79 Å². The molecule has 1 rings (SSSR count). The van der Waals surface area contributed by atoms with Crippen LogP contribution in [-0.2, 0) is 4.79 Å². The molecule has 0 spiro atoms. The van der Waals surface area contributed by atoms with Crippen molar-refractivity contribution in [3.05, 3.63) is 0 Å². The van der Waals surface area contributed by atoms with Crippen LogP contribution in [0.15, 0.2) is 0 Å². The molecule has 0 aromatic heterocycles. The van der Waals surface area contributed by atoms with E-state index in [0.717, 1.165) is 25.8 Å². The summed E-state index contributed by atoms with van der Waals surface area (Å²) >= 11 is 0. The van der Waals surface area contributed by atoms with E-state index in [1.54, 1.807) is 0 Å². The average molecular weight is 184 g/mol. The zero-order valence-corrected chi connectivity index (χ0v) is 8.84. The summed E-state index contributed by atoms with van der Waals surface area (Å²) in [6, 6.07) is 0.315. The molecule has 1 N–H and O–H groups in total. The molecule has 0 bridgehead atoms. The molecule has 1 aliphatic rings. The molecular weight excluding hydrogens is 164 g/mol. The lowest BCUT2D eigenvalue weighted by Gasteiger charge is -2.16. The van der Waals surface area contributed by atoms with Gasteiger partial charge in [-0.25, -0.2) is 0 Å². The van der Waals surface area contributed by atoms with Crippen molar-refractivity contribution in [2.24, 2.45) is 5.92 Å². The van der Waals surface area contributed by atoms with Crippen molar-refractivity contribution in [1.29, 1.82) is 0 Å². The first kappa shape index (κ1) is 10.5. The van der Waals surface area contributed by atoms with Gasteiger partial charge in [-0.2, -0.15) is 0 Å².